The van der Waals surface area contributed by atoms with Crippen LogP contribution in [0.15, 0.2) is 76.7 Å². The van der Waals surface area contributed by atoms with E-state index in [1.807, 2.05) is 6.92 Å². The van der Waals surface area contributed by atoms with Gasteiger partial charge in [0.05, 0.1) is 35.4 Å². The van der Waals surface area contributed by atoms with Crippen LogP contribution in [0.2, 0.25) is 0 Å². The molecule has 0 aromatic heterocycles. The molecule has 0 saturated carbocycles. The molecule has 12 heteroatoms. The van der Waals surface area contributed by atoms with Gasteiger partial charge in [-0.2, -0.15) is 5.10 Å². The quantitative estimate of drug-likeness (QED) is 0.241. The highest BCUT2D eigenvalue weighted by Gasteiger charge is 2.28. The van der Waals surface area contributed by atoms with E-state index in [4.69, 9.17) is 9.47 Å². The van der Waals surface area contributed by atoms with Crippen LogP contribution in [0.1, 0.15) is 18.1 Å². The minimum atomic E-state index is -4.21. The number of carbonyl (C=O) groups is 1. The van der Waals surface area contributed by atoms with Crippen molar-refractivity contribution in [2.24, 2.45) is 5.10 Å². The van der Waals surface area contributed by atoms with E-state index in [9.17, 15) is 23.3 Å². The number of aryl methyl sites for hydroxylation is 1. The van der Waals surface area contributed by atoms with Crippen molar-refractivity contribution in [1.82, 2.24) is 5.43 Å². The highest BCUT2D eigenvalue weighted by molar-refractivity contribution is 7.92. The Hall–Kier alpha value is -4.45. The van der Waals surface area contributed by atoms with Gasteiger partial charge in [-0.15, -0.1) is 0 Å². The number of ether oxygens (including phenoxy) is 2. The molecule has 0 aliphatic heterocycles. The molecule has 3 aromatic carbocycles. The number of sulfonamides is 1. The molecule has 3 aromatic rings. The van der Waals surface area contributed by atoms with E-state index in [-0.39, 0.29) is 22.0 Å². The van der Waals surface area contributed by atoms with E-state index in [0.29, 0.717) is 17.0 Å². The molecule has 0 aliphatic rings. The zero-order chi connectivity index (χ0) is 27.2. The minimum absolute atomic E-state index is 0.102. The summed E-state index contributed by atoms with van der Waals surface area (Å²) in [7, 11) is -1.39. The van der Waals surface area contributed by atoms with Crippen molar-refractivity contribution in [2.45, 2.75) is 18.7 Å². The van der Waals surface area contributed by atoms with E-state index >= 15 is 0 Å². The highest BCUT2D eigenvalue weighted by Crippen LogP contribution is 2.32. The first-order valence-electron chi connectivity index (χ1n) is 11.0. The number of nitrogens with zero attached hydrogens (tertiary/aromatic N) is 3. The maximum absolute atomic E-state index is 13.6. The number of amides is 1. The molecule has 37 heavy (non-hydrogen) atoms. The van der Waals surface area contributed by atoms with E-state index < -0.39 is 27.4 Å². The first-order valence-corrected chi connectivity index (χ1v) is 12.4. The van der Waals surface area contributed by atoms with Crippen molar-refractivity contribution in [1.29, 1.82) is 0 Å². The van der Waals surface area contributed by atoms with Gasteiger partial charge in [0.2, 0.25) is 0 Å². The Bertz CT molecular complexity index is 1440. The lowest BCUT2D eigenvalue weighted by Crippen LogP contribution is -2.39. The van der Waals surface area contributed by atoms with Gasteiger partial charge in [-0.25, -0.2) is 13.8 Å². The van der Waals surface area contributed by atoms with Crippen LogP contribution in [-0.2, 0) is 14.8 Å². The third-order valence-electron chi connectivity index (χ3n) is 5.38. The van der Waals surface area contributed by atoms with Gasteiger partial charge in [-0.05, 0) is 38.1 Å². The first-order chi connectivity index (χ1) is 17.6. The maximum Gasteiger partial charge on any atom is 0.270 e. The third-order valence-corrected chi connectivity index (χ3v) is 7.15. The number of nitro groups is 1. The lowest BCUT2D eigenvalue weighted by Gasteiger charge is -2.24. The summed E-state index contributed by atoms with van der Waals surface area (Å²) >= 11 is 0. The van der Waals surface area contributed by atoms with Gasteiger partial charge in [-0.1, -0.05) is 29.8 Å². The SMILES string of the molecule is COc1ccc(S(=O)(=O)N(CC(=O)N/N=C(/C)c2cccc([N+](=O)[O-])c2)c2ccc(C)cc2)cc1OC. The highest BCUT2D eigenvalue weighted by atomic mass is 32.2. The van der Waals surface area contributed by atoms with Crippen molar-refractivity contribution in [3.8, 4) is 11.5 Å². The van der Waals surface area contributed by atoms with E-state index in [1.165, 1.54) is 50.6 Å². The summed E-state index contributed by atoms with van der Waals surface area (Å²) < 4.78 is 38.6. The number of carbonyl (C=O) groups excluding carboxylic acids is 1. The second kappa shape index (κ2) is 11.5. The fourth-order valence-electron chi connectivity index (χ4n) is 3.35. The number of hydrogen-bond acceptors (Lipinski definition) is 8. The molecule has 0 bridgehead atoms. The van der Waals surface area contributed by atoms with Crippen LogP contribution < -0.4 is 19.2 Å². The molecule has 0 radical (unpaired) electrons. The van der Waals surface area contributed by atoms with E-state index in [0.717, 1.165) is 9.87 Å². The topological polar surface area (TPSA) is 140 Å². The van der Waals surface area contributed by atoms with Gasteiger partial charge in [0.1, 0.15) is 6.54 Å². The zero-order valence-electron chi connectivity index (χ0n) is 20.7. The summed E-state index contributed by atoms with van der Waals surface area (Å²) in [5.74, 6) is -0.143. The number of methoxy groups -OCH3 is 2. The molecular formula is C25H26N4O7S. The molecule has 0 aliphatic carbocycles. The van der Waals surface area contributed by atoms with Gasteiger partial charge in [-0.3, -0.25) is 19.2 Å². The predicted octanol–water partition coefficient (Wildman–Crippen LogP) is 3.66. The molecule has 11 nitrogen and oxygen atoms in total. The summed E-state index contributed by atoms with van der Waals surface area (Å²) in [4.78, 5) is 23.2. The average molecular weight is 527 g/mol. The van der Waals surface area contributed by atoms with Crippen LogP contribution in [0.25, 0.3) is 0 Å². The van der Waals surface area contributed by atoms with Crippen LogP contribution in [0.3, 0.4) is 0 Å². The van der Waals surface area contributed by atoms with Gasteiger partial charge in [0, 0.05) is 23.8 Å². The molecule has 0 heterocycles. The Balaban J connectivity index is 1.91. The van der Waals surface area contributed by atoms with Crippen molar-refractivity contribution in [2.75, 3.05) is 25.1 Å². The number of nitrogens with one attached hydrogen (secondary N) is 1. The Morgan fingerprint density at radius 3 is 2.32 bits per heavy atom. The summed E-state index contributed by atoms with van der Waals surface area (Å²) in [6.07, 6.45) is 0. The Morgan fingerprint density at radius 2 is 1.70 bits per heavy atom. The minimum Gasteiger partial charge on any atom is -0.493 e. The number of rotatable bonds is 10. The Kier molecular flexibility index (Phi) is 8.45. The molecule has 0 saturated heterocycles. The first kappa shape index (κ1) is 27.1. The van der Waals surface area contributed by atoms with Crippen LogP contribution in [0.5, 0.6) is 11.5 Å². The monoisotopic (exact) mass is 526 g/mol. The Morgan fingerprint density at radius 1 is 1.03 bits per heavy atom. The second-order valence-electron chi connectivity index (χ2n) is 7.90. The predicted molar refractivity (Wildman–Crippen MR) is 139 cm³/mol. The fraction of sp³-hybridized carbons (Fsp3) is 0.200. The van der Waals surface area contributed by atoms with E-state index in [2.05, 4.69) is 10.5 Å². The fourth-order valence-corrected chi connectivity index (χ4v) is 4.79. The molecule has 1 amide bonds. The van der Waals surface area contributed by atoms with Crippen LogP contribution in [0, 0.1) is 17.0 Å². The van der Waals surface area contributed by atoms with Crippen LogP contribution in [-0.4, -0.2) is 45.7 Å². The summed E-state index contributed by atoms with van der Waals surface area (Å²) in [6, 6.07) is 16.6. The van der Waals surface area contributed by atoms with Gasteiger partial charge >= 0.3 is 0 Å². The van der Waals surface area contributed by atoms with Crippen LogP contribution >= 0.6 is 0 Å². The smallest absolute Gasteiger partial charge is 0.270 e. The number of hydrogen-bond donors (Lipinski definition) is 1. The molecule has 0 fully saturated rings. The Labute approximate surface area is 214 Å². The second-order valence-corrected chi connectivity index (χ2v) is 9.77. The molecule has 0 unspecified atom stereocenters. The van der Waals surface area contributed by atoms with Crippen LogP contribution in [0.4, 0.5) is 11.4 Å². The van der Waals surface area contributed by atoms with Gasteiger partial charge in [0.15, 0.2) is 11.5 Å². The number of benzene rings is 3. The molecular weight excluding hydrogens is 500 g/mol. The lowest BCUT2D eigenvalue weighted by molar-refractivity contribution is -0.384. The zero-order valence-corrected chi connectivity index (χ0v) is 21.5. The van der Waals surface area contributed by atoms with Crippen molar-refractivity contribution >= 4 is 33.0 Å². The molecule has 0 atom stereocenters. The summed E-state index contributed by atoms with van der Waals surface area (Å²) in [6.45, 7) is 2.85. The number of hydrazone groups is 1. The lowest BCUT2D eigenvalue weighted by atomic mass is 10.1. The summed E-state index contributed by atoms with van der Waals surface area (Å²) in [5, 5.41) is 15.0. The third kappa shape index (κ3) is 6.41. The van der Waals surface area contributed by atoms with Crippen molar-refractivity contribution < 1.29 is 27.6 Å². The molecule has 194 valence electrons. The normalized spacial score (nSPS) is 11.5. The summed E-state index contributed by atoms with van der Waals surface area (Å²) in [5.41, 5.74) is 4.14. The molecule has 1 N–H and O–H groups in total. The molecule has 0 spiro atoms. The standard InChI is InChI=1S/C25H26N4O7S/c1-17-8-10-20(11-9-17)28(37(33,34)22-12-13-23(35-3)24(15-22)36-4)16-25(30)27-26-18(2)19-6-5-7-21(14-19)29(31)32/h5-15H,16H2,1-4H3,(H,27,30)/b26-18-. The van der Waals surface area contributed by atoms with Crippen molar-refractivity contribution in [3.05, 3.63) is 88.0 Å². The van der Waals surface area contributed by atoms with Crippen molar-refractivity contribution in [3.63, 3.8) is 0 Å². The average Bonchev–Trinajstić information content (AvgIpc) is 2.90. The van der Waals surface area contributed by atoms with Gasteiger partial charge in [0.25, 0.3) is 21.6 Å². The van der Waals surface area contributed by atoms with Gasteiger partial charge < -0.3 is 9.47 Å². The largest absolute Gasteiger partial charge is 0.493 e. The maximum atomic E-state index is 13.6. The number of nitro benzene ring substituents is 1. The molecule has 3 rings (SSSR count). The van der Waals surface area contributed by atoms with E-state index in [1.54, 1.807) is 37.3 Å². The number of anilines is 1. The number of non-ortho nitro benzene ring substituents is 1.